The summed E-state index contributed by atoms with van der Waals surface area (Å²) in [5.74, 6) is 1.20. The lowest BCUT2D eigenvalue weighted by molar-refractivity contribution is -0.123. The molecule has 160 valence electrons. The van der Waals surface area contributed by atoms with Crippen LogP contribution in [0.15, 0.2) is 66.7 Å². The second kappa shape index (κ2) is 8.67. The molecule has 2 amide bonds. The summed E-state index contributed by atoms with van der Waals surface area (Å²) in [5, 5.41) is 6.54. The summed E-state index contributed by atoms with van der Waals surface area (Å²) >= 11 is 0. The second-order valence-electron chi connectivity index (χ2n) is 8.91. The summed E-state index contributed by atoms with van der Waals surface area (Å²) in [6.45, 7) is 1.65. The molecule has 2 aliphatic heterocycles. The van der Waals surface area contributed by atoms with Gasteiger partial charge in [0, 0.05) is 24.4 Å². The van der Waals surface area contributed by atoms with Crippen LogP contribution in [0.1, 0.15) is 24.0 Å². The molecule has 5 rings (SSSR count). The highest BCUT2D eigenvalue weighted by Gasteiger charge is 2.51. The molecule has 2 fully saturated rings. The van der Waals surface area contributed by atoms with Crippen LogP contribution in [0.3, 0.4) is 0 Å². The van der Waals surface area contributed by atoms with Gasteiger partial charge in [-0.1, -0.05) is 54.6 Å². The van der Waals surface area contributed by atoms with Gasteiger partial charge in [-0.3, -0.25) is 9.59 Å². The molecule has 0 aromatic heterocycles. The van der Waals surface area contributed by atoms with Crippen LogP contribution in [-0.4, -0.2) is 37.0 Å². The molecule has 0 bridgehead atoms. The van der Waals surface area contributed by atoms with Crippen molar-refractivity contribution in [1.29, 1.82) is 0 Å². The van der Waals surface area contributed by atoms with Crippen molar-refractivity contribution in [2.45, 2.75) is 37.8 Å². The number of nitrogens with zero attached hydrogens (tertiary/aromatic N) is 1. The molecule has 31 heavy (non-hydrogen) atoms. The van der Waals surface area contributed by atoms with Crippen LogP contribution in [0.4, 0.5) is 5.69 Å². The number of piperidine rings is 1. The molecule has 1 aliphatic carbocycles. The Morgan fingerprint density at radius 1 is 1.13 bits per heavy atom. The van der Waals surface area contributed by atoms with Crippen LogP contribution in [0, 0.1) is 11.8 Å². The predicted octanol–water partition coefficient (Wildman–Crippen LogP) is 2.86. The van der Waals surface area contributed by atoms with Gasteiger partial charge in [-0.15, -0.1) is 0 Å². The smallest absolute Gasteiger partial charge is 0.250 e. The summed E-state index contributed by atoms with van der Waals surface area (Å²) in [4.78, 5) is 27.6. The van der Waals surface area contributed by atoms with E-state index in [9.17, 15) is 9.59 Å². The summed E-state index contributed by atoms with van der Waals surface area (Å²) in [6.07, 6.45) is 7.17. The molecule has 0 radical (unpaired) electrons. The lowest BCUT2D eigenvalue weighted by Gasteiger charge is -2.20. The van der Waals surface area contributed by atoms with Crippen molar-refractivity contribution in [2.75, 3.05) is 18.0 Å². The van der Waals surface area contributed by atoms with E-state index in [0.29, 0.717) is 18.4 Å². The van der Waals surface area contributed by atoms with Crippen LogP contribution >= 0.6 is 0 Å². The fraction of sp³-hybridized carbons (Fsp3) is 0.385. The number of aryl methyl sites for hydroxylation is 1. The predicted molar refractivity (Wildman–Crippen MR) is 122 cm³/mol. The average molecular weight is 416 g/mol. The van der Waals surface area contributed by atoms with E-state index in [1.165, 1.54) is 11.1 Å². The maximum absolute atomic E-state index is 12.9. The Balaban J connectivity index is 1.26. The third-order valence-corrected chi connectivity index (χ3v) is 6.83. The first kappa shape index (κ1) is 20.0. The molecule has 1 saturated carbocycles. The maximum atomic E-state index is 12.9. The van der Waals surface area contributed by atoms with Gasteiger partial charge in [-0.05, 0) is 61.3 Å². The summed E-state index contributed by atoms with van der Waals surface area (Å²) in [7, 11) is 0. The summed E-state index contributed by atoms with van der Waals surface area (Å²) in [5.41, 5.74) is 3.44. The fourth-order valence-corrected chi connectivity index (χ4v) is 4.94. The molecule has 0 unspecified atom stereocenters. The van der Waals surface area contributed by atoms with Crippen molar-refractivity contribution < 1.29 is 9.59 Å². The highest BCUT2D eigenvalue weighted by atomic mass is 16.2. The van der Waals surface area contributed by atoms with Crippen molar-refractivity contribution in [1.82, 2.24) is 10.6 Å². The zero-order valence-electron chi connectivity index (χ0n) is 17.7. The number of para-hydroxylation sites is 1. The Kier molecular flexibility index (Phi) is 5.60. The topological polar surface area (TPSA) is 61.4 Å². The van der Waals surface area contributed by atoms with Crippen LogP contribution in [0.5, 0.6) is 0 Å². The van der Waals surface area contributed by atoms with Gasteiger partial charge in [0.25, 0.3) is 5.91 Å². The summed E-state index contributed by atoms with van der Waals surface area (Å²) < 4.78 is 0. The summed E-state index contributed by atoms with van der Waals surface area (Å²) in [6, 6.07) is 18.1. The zero-order valence-corrected chi connectivity index (χ0v) is 17.7. The van der Waals surface area contributed by atoms with Gasteiger partial charge in [-0.2, -0.15) is 0 Å². The molecule has 0 spiro atoms. The van der Waals surface area contributed by atoms with E-state index >= 15 is 0 Å². The SMILES string of the molecule is O=C(N[C@H](/C=C/C(=O)N1CCc2ccccc21)CCc1ccccc1)[C@H]1NC[C@@H]2C[C@@H]21. The van der Waals surface area contributed by atoms with Crippen LogP contribution in [0.25, 0.3) is 0 Å². The van der Waals surface area contributed by atoms with Gasteiger partial charge in [0.15, 0.2) is 0 Å². The van der Waals surface area contributed by atoms with Gasteiger partial charge in [0.05, 0.1) is 6.04 Å². The van der Waals surface area contributed by atoms with Crippen molar-refractivity contribution >= 4 is 17.5 Å². The Labute approximate surface area is 183 Å². The molecular formula is C26H29N3O2. The third-order valence-electron chi connectivity index (χ3n) is 6.83. The van der Waals surface area contributed by atoms with E-state index in [1.54, 1.807) is 6.08 Å². The van der Waals surface area contributed by atoms with Gasteiger partial charge in [0.1, 0.15) is 0 Å². The van der Waals surface area contributed by atoms with Crippen molar-refractivity contribution in [3.8, 4) is 0 Å². The number of nitrogens with one attached hydrogen (secondary N) is 2. The number of amides is 2. The van der Waals surface area contributed by atoms with E-state index in [0.717, 1.165) is 37.9 Å². The largest absolute Gasteiger partial charge is 0.349 e. The highest BCUT2D eigenvalue weighted by molar-refractivity contribution is 6.03. The highest BCUT2D eigenvalue weighted by Crippen LogP contribution is 2.45. The monoisotopic (exact) mass is 415 g/mol. The number of carbonyl (C=O) groups excluding carboxylic acids is 2. The normalized spacial score (nSPS) is 24.6. The minimum atomic E-state index is -0.172. The number of carbonyl (C=O) groups is 2. The first-order valence-corrected chi connectivity index (χ1v) is 11.3. The molecule has 5 nitrogen and oxygen atoms in total. The van der Waals surface area contributed by atoms with Gasteiger partial charge in [-0.25, -0.2) is 0 Å². The first-order valence-electron chi connectivity index (χ1n) is 11.3. The zero-order chi connectivity index (χ0) is 21.2. The van der Waals surface area contributed by atoms with E-state index in [2.05, 4.69) is 28.8 Å². The second-order valence-corrected chi connectivity index (χ2v) is 8.91. The lowest BCUT2D eigenvalue weighted by Crippen LogP contribution is -2.46. The molecule has 2 aromatic carbocycles. The number of hydrogen-bond donors (Lipinski definition) is 2. The van der Waals surface area contributed by atoms with Crippen LogP contribution < -0.4 is 15.5 Å². The van der Waals surface area contributed by atoms with Crippen molar-refractivity contribution in [3.05, 3.63) is 77.9 Å². The third kappa shape index (κ3) is 4.42. The molecule has 5 heteroatoms. The number of benzene rings is 2. The van der Waals surface area contributed by atoms with Gasteiger partial charge < -0.3 is 15.5 Å². The van der Waals surface area contributed by atoms with E-state index in [1.807, 2.05) is 47.4 Å². The maximum Gasteiger partial charge on any atom is 0.250 e. The number of anilines is 1. The molecular weight excluding hydrogens is 386 g/mol. The van der Waals surface area contributed by atoms with Gasteiger partial charge >= 0.3 is 0 Å². The van der Waals surface area contributed by atoms with Crippen molar-refractivity contribution in [2.24, 2.45) is 11.8 Å². The minimum Gasteiger partial charge on any atom is -0.349 e. The Morgan fingerprint density at radius 3 is 2.71 bits per heavy atom. The molecule has 4 atom stereocenters. The molecule has 2 N–H and O–H groups in total. The Morgan fingerprint density at radius 2 is 1.94 bits per heavy atom. The number of hydrogen-bond acceptors (Lipinski definition) is 3. The van der Waals surface area contributed by atoms with Crippen LogP contribution in [-0.2, 0) is 22.4 Å². The van der Waals surface area contributed by atoms with Crippen LogP contribution in [0.2, 0.25) is 0 Å². The van der Waals surface area contributed by atoms with E-state index < -0.39 is 0 Å². The molecule has 2 aromatic rings. The Hall–Kier alpha value is -2.92. The molecule has 2 heterocycles. The average Bonchev–Trinajstić information content (AvgIpc) is 3.25. The van der Waals surface area contributed by atoms with E-state index in [-0.39, 0.29) is 23.9 Å². The number of rotatable bonds is 7. The van der Waals surface area contributed by atoms with E-state index in [4.69, 9.17) is 0 Å². The van der Waals surface area contributed by atoms with Gasteiger partial charge in [0.2, 0.25) is 5.91 Å². The first-order chi connectivity index (χ1) is 15.2. The molecule has 3 aliphatic rings. The molecule has 1 saturated heterocycles. The number of fused-ring (bicyclic) bond motifs is 2. The van der Waals surface area contributed by atoms with Crippen molar-refractivity contribution in [3.63, 3.8) is 0 Å². The minimum absolute atomic E-state index is 0.0230. The standard InChI is InChI=1S/C26H29N3O2/c30-24(29-15-14-19-8-4-5-9-23(19)29)13-12-21(11-10-18-6-2-1-3-7-18)28-26(31)25-22-16-20(22)17-27-25/h1-9,12-13,20-22,25,27H,10-11,14-17H2,(H,28,31)/b13-12+/t20-,21-,22-,25-/m0/s1. The lowest BCUT2D eigenvalue weighted by atomic mass is 10.0. The quantitative estimate of drug-likeness (QED) is 0.684. The Bertz CT molecular complexity index is 987. The fourth-order valence-electron chi connectivity index (χ4n) is 4.94.